The van der Waals surface area contributed by atoms with Crippen LogP contribution in [0.25, 0.3) is 6.08 Å². The molecule has 0 unspecified atom stereocenters. The maximum Gasteiger partial charge on any atom is 0.496 e. The molecule has 0 radical (unpaired) electrons. The highest BCUT2D eigenvalue weighted by atomic mass is 79.9. The first kappa shape index (κ1) is 31.7. The molecule has 0 saturated carbocycles. The minimum atomic E-state index is -0.784. The van der Waals surface area contributed by atoms with Gasteiger partial charge in [0.1, 0.15) is 17.5 Å². The van der Waals surface area contributed by atoms with Gasteiger partial charge in [-0.3, -0.25) is 4.99 Å². The molecule has 2 amide bonds. The van der Waals surface area contributed by atoms with Crippen molar-refractivity contribution in [1.29, 1.82) is 0 Å². The van der Waals surface area contributed by atoms with Crippen LogP contribution in [0, 0.1) is 11.2 Å². The third-order valence-electron chi connectivity index (χ3n) is 8.40. The van der Waals surface area contributed by atoms with Gasteiger partial charge in [0.05, 0.1) is 27.9 Å². The Hall–Kier alpha value is -2.74. The van der Waals surface area contributed by atoms with E-state index in [9.17, 15) is 9.18 Å². The monoisotopic (exact) mass is 675 g/mol. The van der Waals surface area contributed by atoms with E-state index in [0.29, 0.717) is 30.9 Å². The standard InChI is InChI=1S/C29H37BBrClFN7O3/c1-27(2,7-9-35-25-37-16-17-13-19(31)24-34-11-12-40(24)23(17)39-25)8-10-36-26(41)38-22-14-18(20(32)15-21(22)33)30-42-28(3,4)29(5,6)43-30/h13-16H,7-12H2,1-6H3,(H,35,37,39)(H2,36,38,41). The zero-order valence-electron chi connectivity index (χ0n) is 25.3. The Balaban J connectivity index is 1.10. The molecule has 0 spiro atoms. The van der Waals surface area contributed by atoms with Crippen molar-refractivity contribution in [1.82, 2.24) is 15.3 Å². The van der Waals surface area contributed by atoms with Crippen LogP contribution in [0.2, 0.25) is 5.02 Å². The third kappa shape index (κ3) is 6.84. The molecule has 3 aliphatic rings. The van der Waals surface area contributed by atoms with E-state index in [0.717, 1.165) is 47.3 Å². The fourth-order valence-electron chi connectivity index (χ4n) is 4.98. The number of halogens is 3. The average Bonchev–Trinajstić information content (AvgIpc) is 3.48. The Kier molecular flexibility index (Phi) is 8.83. The summed E-state index contributed by atoms with van der Waals surface area (Å²) in [4.78, 5) is 28.5. The highest BCUT2D eigenvalue weighted by Crippen LogP contribution is 2.37. The number of anilines is 3. The van der Waals surface area contributed by atoms with Gasteiger partial charge in [-0.25, -0.2) is 14.2 Å². The number of urea groups is 1. The molecule has 14 heteroatoms. The lowest BCUT2D eigenvalue weighted by Gasteiger charge is -2.32. The Bertz CT molecular complexity index is 1470. The number of hydrogen-bond acceptors (Lipinski definition) is 8. The molecule has 1 aromatic heterocycles. The first-order valence-electron chi connectivity index (χ1n) is 14.4. The number of fused-ring (bicyclic) bond motifs is 3. The van der Waals surface area contributed by atoms with E-state index in [4.69, 9.17) is 25.9 Å². The van der Waals surface area contributed by atoms with Crippen LogP contribution in [-0.4, -0.2) is 66.3 Å². The fraction of sp³-hybridized carbons (Fsp3) is 0.517. The summed E-state index contributed by atoms with van der Waals surface area (Å²) in [6.45, 7) is 14.6. The molecule has 1 aromatic carbocycles. The molecule has 43 heavy (non-hydrogen) atoms. The third-order valence-corrected chi connectivity index (χ3v) is 9.31. The maximum atomic E-state index is 14.7. The fourth-order valence-corrected chi connectivity index (χ4v) is 5.80. The number of nitrogens with zero attached hydrogens (tertiary/aromatic N) is 4. The first-order chi connectivity index (χ1) is 20.2. The number of hydrogen-bond donors (Lipinski definition) is 3. The molecule has 2 aromatic rings. The number of rotatable bonds is 9. The lowest BCUT2D eigenvalue weighted by Crippen LogP contribution is -2.41. The van der Waals surface area contributed by atoms with E-state index < -0.39 is 30.2 Å². The second kappa shape index (κ2) is 12.0. The van der Waals surface area contributed by atoms with Crippen molar-refractivity contribution in [2.45, 2.75) is 65.6 Å². The number of nitrogens with one attached hydrogen (secondary N) is 3. The lowest BCUT2D eigenvalue weighted by atomic mass is 9.78. The van der Waals surface area contributed by atoms with Gasteiger partial charge in [-0.15, -0.1) is 0 Å². The van der Waals surface area contributed by atoms with E-state index in [2.05, 4.69) is 60.6 Å². The van der Waals surface area contributed by atoms with E-state index in [1.807, 2.05) is 40.0 Å². The van der Waals surface area contributed by atoms with Crippen molar-refractivity contribution in [2.75, 3.05) is 41.7 Å². The van der Waals surface area contributed by atoms with Crippen LogP contribution in [-0.2, 0) is 9.31 Å². The molecule has 3 N–H and O–H groups in total. The number of carbonyl (C=O) groups is 1. The van der Waals surface area contributed by atoms with Gasteiger partial charge in [0.2, 0.25) is 5.95 Å². The van der Waals surface area contributed by atoms with Crippen molar-refractivity contribution in [2.24, 2.45) is 10.4 Å². The van der Waals surface area contributed by atoms with Gasteiger partial charge < -0.3 is 30.2 Å². The van der Waals surface area contributed by atoms with Crippen molar-refractivity contribution < 1.29 is 18.5 Å². The van der Waals surface area contributed by atoms with Crippen molar-refractivity contribution in [3.8, 4) is 0 Å². The summed E-state index contributed by atoms with van der Waals surface area (Å²) in [6.07, 6.45) is 5.34. The molecule has 1 fully saturated rings. The molecule has 3 aliphatic heterocycles. The van der Waals surface area contributed by atoms with Gasteiger partial charge in [-0.2, -0.15) is 4.98 Å². The Morgan fingerprint density at radius 1 is 1.19 bits per heavy atom. The molecular weight excluding hydrogens is 640 g/mol. The van der Waals surface area contributed by atoms with Crippen LogP contribution in [0.15, 0.2) is 27.8 Å². The SMILES string of the molecule is CC(C)(CCNC(=O)Nc1cc(B2OC(C)(C)C(C)(C)O2)c(Cl)cc1F)CCNc1ncc2c(n1)N1CCN=C1C(Br)=C2. The van der Waals surface area contributed by atoms with Crippen LogP contribution >= 0.6 is 27.5 Å². The predicted octanol–water partition coefficient (Wildman–Crippen LogP) is 5.58. The van der Waals surface area contributed by atoms with Gasteiger partial charge in [0.25, 0.3) is 0 Å². The summed E-state index contributed by atoms with van der Waals surface area (Å²) in [5.74, 6) is 1.67. The van der Waals surface area contributed by atoms with Gasteiger partial charge in [-0.05, 0) is 80.1 Å². The van der Waals surface area contributed by atoms with E-state index >= 15 is 0 Å². The van der Waals surface area contributed by atoms with E-state index in [1.165, 1.54) is 6.07 Å². The highest BCUT2D eigenvalue weighted by Gasteiger charge is 2.52. The maximum absolute atomic E-state index is 14.7. The second-order valence-electron chi connectivity index (χ2n) is 12.7. The van der Waals surface area contributed by atoms with Crippen LogP contribution < -0.4 is 26.3 Å². The van der Waals surface area contributed by atoms with Crippen LogP contribution in [0.1, 0.15) is 59.9 Å². The van der Waals surface area contributed by atoms with Crippen molar-refractivity contribution >= 4 is 75.5 Å². The number of amides is 2. The Labute approximate surface area is 265 Å². The minimum absolute atomic E-state index is 0.00436. The minimum Gasteiger partial charge on any atom is -0.399 e. The van der Waals surface area contributed by atoms with E-state index in [1.54, 1.807) is 0 Å². The quantitative estimate of drug-likeness (QED) is 0.298. The van der Waals surface area contributed by atoms with E-state index in [-0.39, 0.29) is 16.1 Å². The normalized spacial score (nSPS) is 18.5. The molecular formula is C29H37BBrClFN7O3. The summed E-state index contributed by atoms with van der Waals surface area (Å²) in [6, 6.07) is 2.11. The van der Waals surface area contributed by atoms with Gasteiger partial charge in [0.15, 0.2) is 0 Å². The summed E-state index contributed by atoms with van der Waals surface area (Å²) < 4.78 is 27.8. The highest BCUT2D eigenvalue weighted by molar-refractivity contribution is 9.12. The van der Waals surface area contributed by atoms with Crippen LogP contribution in [0.3, 0.4) is 0 Å². The largest absolute Gasteiger partial charge is 0.496 e. The molecule has 0 bridgehead atoms. The summed E-state index contributed by atoms with van der Waals surface area (Å²) in [5.41, 5.74) is 0.136. The zero-order valence-corrected chi connectivity index (χ0v) is 27.6. The number of aliphatic imine (C=N–C) groups is 1. The van der Waals surface area contributed by atoms with Gasteiger partial charge in [0, 0.05) is 41.9 Å². The molecule has 4 heterocycles. The molecule has 5 rings (SSSR count). The molecule has 230 valence electrons. The average molecular weight is 677 g/mol. The Morgan fingerprint density at radius 2 is 1.88 bits per heavy atom. The lowest BCUT2D eigenvalue weighted by molar-refractivity contribution is 0.00578. The zero-order chi connectivity index (χ0) is 31.2. The summed E-state index contributed by atoms with van der Waals surface area (Å²) >= 11 is 9.90. The topological polar surface area (TPSA) is 113 Å². The molecule has 0 aliphatic carbocycles. The van der Waals surface area contributed by atoms with Crippen molar-refractivity contribution in [3.63, 3.8) is 0 Å². The number of benzene rings is 1. The Morgan fingerprint density at radius 3 is 2.60 bits per heavy atom. The molecule has 10 nitrogen and oxygen atoms in total. The van der Waals surface area contributed by atoms with Gasteiger partial charge in [-0.1, -0.05) is 25.4 Å². The summed E-state index contributed by atoms with van der Waals surface area (Å²) in [7, 11) is -0.784. The van der Waals surface area contributed by atoms with Gasteiger partial charge >= 0.3 is 13.1 Å². The molecule has 0 atom stereocenters. The smallest absolute Gasteiger partial charge is 0.399 e. The molecule has 1 saturated heterocycles. The number of carbonyl (C=O) groups excluding carboxylic acids is 1. The number of amidine groups is 1. The van der Waals surface area contributed by atoms with Crippen LogP contribution in [0.5, 0.6) is 0 Å². The number of aromatic nitrogens is 2. The first-order valence-corrected chi connectivity index (χ1v) is 15.5. The predicted molar refractivity (Wildman–Crippen MR) is 174 cm³/mol. The summed E-state index contributed by atoms with van der Waals surface area (Å²) in [5, 5.41) is 8.92. The van der Waals surface area contributed by atoms with Crippen molar-refractivity contribution in [3.05, 3.63) is 39.2 Å². The second-order valence-corrected chi connectivity index (χ2v) is 14.0. The van der Waals surface area contributed by atoms with Crippen LogP contribution in [0.4, 0.5) is 26.6 Å².